The number of Topliss-reactive ketones (excluding diaryl/α,β-unsaturated/α-hetero) is 2. The van der Waals surface area contributed by atoms with Gasteiger partial charge in [-0.05, 0) is 68.7 Å². The van der Waals surface area contributed by atoms with Gasteiger partial charge in [-0.2, -0.15) is 0 Å². The molecule has 3 nitrogen and oxygen atoms in total. The summed E-state index contributed by atoms with van der Waals surface area (Å²) < 4.78 is 5.97. The van der Waals surface area contributed by atoms with E-state index in [0.29, 0.717) is 27.3 Å². The highest BCUT2D eigenvalue weighted by molar-refractivity contribution is 6.38. The summed E-state index contributed by atoms with van der Waals surface area (Å²) in [6, 6.07) is 13.1. The predicted octanol–water partition coefficient (Wildman–Crippen LogP) is 5.11. The number of ether oxygens (including phenoxy) is 1. The first-order valence-electron chi connectivity index (χ1n) is 8.56. The van der Waals surface area contributed by atoms with Gasteiger partial charge in [-0.25, -0.2) is 0 Å². The molecule has 1 heterocycles. The van der Waals surface area contributed by atoms with Crippen molar-refractivity contribution in [2.24, 2.45) is 0 Å². The summed E-state index contributed by atoms with van der Waals surface area (Å²) >= 11 is 5.97. The summed E-state index contributed by atoms with van der Waals surface area (Å²) in [6.07, 6.45) is 0. The largest absolute Gasteiger partial charge is 0.357 e. The van der Waals surface area contributed by atoms with Crippen LogP contribution in [0.3, 0.4) is 0 Å². The third kappa shape index (κ3) is 2.38. The van der Waals surface area contributed by atoms with Gasteiger partial charge in [-0.3, -0.25) is 9.59 Å². The monoisotopic (exact) mass is 366 g/mol. The molecule has 2 aromatic rings. The molecular weight excluding hydrogens is 348 g/mol. The molecule has 4 heteroatoms. The Kier molecular flexibility index (Phi) is 3.56. The number of hydrogen-bond acceptors (Lipinski definition) is 3. The van der Waals surface area contributed by atoms with Gasteiger partial charge in [0.1, 0.15) is 5.60 Å². The molecule has 0 aromatic heterocycles. The van der Waals surface area contributed by atoms with E-state index in [9.17, 15) is 9.59 Å². The van der Waals surface area contributed by atoms with E-state index >= 15 is 0 Å². The zero-order chi connectivity index (χ0) is 18.9. The predicted molar refractivity (Wildman–Crippen MR) is 102 cm³/mol. The fourth-order valence-corrected chi connectivity index (χ4v) is 4.13. The van der Waals surface area contributed by atoms with Crippen LogP contribution in [0.2, 0.25) is 5.02 Å². The highest BCUT2D eigenvalue weighted by atomic mass is 35.5. The fraction of sp³-hybridized carbons (Fsp3) is 0.273. The van der Waals surface area contributed by atoms with Crippen molar-refractivity contribution in [3.8, 4) is 11.1 Å². The Balaban J connectivity index is 1.93. The van der Waals surface area contributed by atoms with Gasteiger partial charge in [0.15, 0.2) is 11.6 Å². The van der Waals surface area contributed by atoms with E-state index in [1.54, 1.807) is 19.9 Å². The minimum Gasteiger partial charge on any atom is -0.357 e. The average molecular weight is 367 g/mol. The van der Waals surface area contributed by atoms with Gasteiger partial charge < -0.3 is 4.74 Å². The van der Waals surface area contributed by atoms with E-state index in [0.717, 1.165) is 11.1 Å². The van der Waals surface area contributed by atoms with Crippen LogP contribution in [0.25, 0.3) is 16.7 Å². The summed E-state index contributed by atoms with van der Waals surface area (Å²) in [7, 11) is 0. The Morgan fingerprint density at radius 3 is 2.08 bits per heavy atom. The molecule has 4 rings (SSSR count). The molecule has 2 aromatic carbocycles. The van der Waals surface area contributed by atoms with E-state index in [2.05, 4.69) is 0 Å². The smallest absolute Gasteiger partial charge is 0.195 e. The summed E-state index contributed by atoms with van der Waals surface area (Å²) in [5.74, 6) is -0.265. The van der Waals surface area contributed by atoms with Crippen molar-refractivity contribution in [3.05, 3.63) is 64.2 Å². The molecule has 132 valence electrons. The van der Waals surface area contributed by atoms with Crippen LogP contribution < -0.4 is 0 Å². The van der Waals surface area contributed by atoms with E-state index in [1.165, 1.54) is 0 Å². The molecule has 0 atom stereocenters. The van der Waals surface area contributed by atoms with Gasteiger partial charge in [-0.1, -0.05) is 29.8 Å². The zero-order valence-corrected chi connectivity index (χ0v) is 15.9. The van der Waals surface area contributed by atoms with Crippen LogP contribution in [0.4, 0.5) is 0 Å². The average Bonchev–Trinajstić information content (AvgIpc) is 2.86. The molecule has 0 fully saturated rings. The number of benzene rings is 2. The lowest BCUT2D eigenvalue weighted by molar-refractivity contribution is -0.151. The molecule has 2 aliphatic rings. The summed E-state index contributed by atoms with van der Waals surface area (Å²) in [5.41, 5.74) is 2.37. The van der Waals surface area contributed by atoms with E-state index in [4.69, 9.17) is 16.3 Å². The van der Waals surface area contributed by atoms with Crippen LogP contribution in [0.1, 0.15) is 43.6 Å². The minimum atomic E-state index is -0.972. The van der Waals surface area contributed by atoms with Crippen LogP contribution in [0, 0.1) is 0 Å². The molecular formula is C22H19ClO3. The Bertz CT molecular complexity index is 995. The molecule has 26 heavy (non-hydrogen) atoms. The van der Waals surface area contributed by atoms with Crippen LogP contribution in [-0.2, 0) is 9.53 Å². The second kappa shape index (κ2) is 5.38. The molecule has 1 aliphatic carbocycles. The van der Waals surface area contributed by atoms with Crippen LogP contribution in [0.5, 0.6) is 0 Å². The van der Waals surface area contributed by atoms with Crippen molar-refractivity contribution in [1.29, 1.82) is 0 Å². The molecule has 0 spiro atoms. The SMILES string of the molecule is CC1(C)OC(C)(C)C2=C(C1=O)c1cc(-c3ccc(Cl)cc3)ccc1C2=O. The van der Waals surface area contributed by atoms with E-state index in [-0.39, 0.29) is 11.6 Å². The summed E-state index contributed by atoms with van der Waals surface area (Å²) in [6.45, 7) is 7.21. The standard InChI is InChI=1S/C22H19ClO3/c1-21(2)18-17(20(25)22(3,4)26-21)16-11-13(7-10-15(16)19(18)24)12-5-8-14(23)9-6-12/h5-11H,1-4H3. The lowest BCUT2D eigenvalue weighted by Gasteiger charge is -2.40. The maximum absolute atomic E-state index is 13.1. The van der Waals surface area contributed by atoms with E-state index < -0.39 is 11.2 Å². The second-order valence-corrected chi connectivity index (χ2v) is 8.23. The first-order chi connectivity index (χ1) is 12.1. The van der Waals surface area contributed by atoms with Crippen molar-refractivity contribution < 1.29 is 14.3 Å². The van der Waals surface area contributed by atoms with Crippen molar-refractivity contribution in [2.75, 3.05) is 0 Å². The summed E-state index contributed by atoms with van der Waals surface area (Å²) in [4.78, 5) is 26.1. The molecule has 0 bridgehead atoms. The normalized spacial score (nSPS) is 20.2. The van der Waals surface area contributed by atoms with Crippen LogP contribution >= 0.6 is 11.6 Å². The molecule has 0 radical (unpaired) electrons. The Labute approximate surface area is 157 Å². The highest BCUT2D eigenvalue weighted by Crippen LogP contribution is 2.48. The van der Waals surface area contributed by atoms with Crippen molar-refractivity contribution >= 4 is 28.7 Å². The number of halogens is 1. The minimum absolute atomic E-state index is 0.119. The number of fused-ring (bicyclic) bond motifs is 2. The Hall–Kier alpha value is -2.23. The molecule has 0 N–H and O–H groups in total. The first kappa shape index (κ1) is 17.2. The van der Waals surface area contributed by atoms with E-state index in [1.807, 2.05) is 50.2 Å². The van der Waals surface area contributed by atoms with Crippen LogP contribution in [0.15, 0.2) is 48.0 Å². The third-order valence-electron chi connectivity index (χ3n) is 5.07. The summed E-state index contributed by atoms with van der Waals surface area (Å²) in [5, 5.41) is 0.665. The zero-order valence-electron chi connectivity index (χ0n) is 15.1. The fourth-order valence-electron chi connectivity index (χ4n) is 4.00. The van der Waals surface area contributed by atoms with Crippen molar-refractivity contribution in [3.63, 3.8) is 0 Å². The maximum atomic E-state index is 13.1. The topological polar surface area (TPSA) is 43.4 Å². The van der Waals surface area contributed by atoms with Gasteiger partial charge in [-0.15, -0.1) is 0 Å². The van der Waals surface area contributed by atoms with Gasteiger partial charge in [0.2, 0.25) is 0 Å². The van der Waals surface area contributed by atoms with Crippen molar-refractivity contribution in [1.82, 2.24) is 0 Å². The highest BCUT2D eigenvalue weighted by Gasteiger charge is 2.52. The second-order valence-electron chi connectivity index (χ2n) is 7.80. The van der Waals surface area contributed by atoms with Gasteiger partial charge in [0, 0.05) is 21.7 Å². The van der Waals surface area contributed by atoms with Gasteiger partial charge in [0.25, 0.3) is 0 Å². The third-order valence-corrected chi connectivity index (χ3v) is 5.33. The first-order valence-corrected chi connectivity index (χ1v) is 8.94. The molecule has 0 unspecified atom stereocenters. The lowest BCUT2D eigenvalue weighted by Crippen LogP contribution is -2.49. The molecule has 1 aliphatic heterocycles. The number of rotatable bonds is 1. The number of carbonyl (C=O) groups is 2. The lowest BCUT2D eigenvalue weighted by atomic mass is 9.81. The maximum Gasteiger partial charge on any atom is 0.195 e. The molecule has 0 amide bonds. The number of hydrogen-bond donors (Lipinski definition) is 0. The quantitative estimate of drug-likeness (QED) is 0.704. The van der Waals surface area contributed by atoms with Gasteiger partial charge >= 0.3 is 0 Å². The molecule has 0 saturated carbocycles. The van der Waals surface area contributed by atoms with Crippen molar-refractivity contribution in [2.45, 2.75) is 38.9 Å². The number of ketones is 2. The van der Waals surface area contributed by atoms with Crippen LogP contribution in [-0.4, -0.2) is 22.8 Å². The number of carbonyl (C=O) groups excluding carboxylic acids is 2. The Morgan fingerprint density at radius 1 is 0.808 bits per heavy atom. The Morgan fingerprint density at radius 2 is 1.42 bits per heavy atom. The molecule has 0 saturated heterocycles. The van der Waals surface area contributed by atoms with Gasteiger partial charge in [0.05, 0.1) is 5.60 Å².